The number of nitrogens with zero attached hydrogens (tertiary/aromatic N) is 1. The van der Waals surface area contributed by atoms with Gasteiger partial charge in [0, 0.05) is 43.5 Å². The normalized spacial score (nSPS) is 14.6. The summed E-state index contributed by atoms with van der Waals surface area (Å²) in [5.74, 6) is 6.16. The Kier molecular flexibility index (Phi) is 35.8. The number of amides is 3. The molecule has 2 aromatic rings. The van der Waals surface area contributed by atoms with Gasteiger partial charge in [-0.15, -0.1) is 0 Å². The van der Waals surface area contributed by atoms with E-state index in [9.17, 15) is 14.4 Å². The molecule has 2 aromatic carbocycles. The van der Waals surface area contributed by atoms with Crippen molar-refractivity contribution in [1.29, 1.82) is 0 Å². The van der Waals surface area contributed by atoms with Crippen LogP contribution in [0.1, 0.15) is 61.6 Å². The first-order chi connectivity index (χ1) is 36.1. The fourth-order valence-corrected chi connectivity index (χ4v) is 7.07. The maximum atomic E-state index is 13.3. The van der Waals surface area contributed by atoms with E-state index in [1.165, 1.54) is 0 Å². The zero-order valence-electron chi connectivity index (χ0n) is 42.9. The van der Waals surface area contributed by atoms with Crippen LogP contribution in [0.2, 0.25) is 0 Å². The Morgan fingerprint density at radius 3 is 1.47 bits per heavy atom. The Labute approximate surface area is 432 Å². The number of para-hydroxylation sites is 1. The van der Waals surface area contributed by atoms with E-state index in [2.05, 4.69) is 34.6 Å². The molecule has 2 N–H and O–H groups in total. The Hall–Kier alpha value is -4.53. The summed E-state index contributed by atoms with van der Waals surface area (Å²) in [6.45, 7) is 11.7. The predicted octanol–water partition coefficient (Wildman–Crippen LogP) is 4.64. The van der Waals surface area contributed by atoms with Crippen LogP contribution >= 0.6 is 0 Å². The van der Waals surface area contributed by atoms with E-state index in [1.807, 2.05) is 48.5 Å². The third-order valence-corrected chi connectivity index (χ3v) is 10.9. The lowest BCUT2D eigenvalue weighted by Gasteiger charge is -2.26. The second kappa shape index (κ2) is 42.8. The zero-order chi connectivity index (χ0) is 51.3. The van der Waals surface area contributed by atoms with Gasteiger partial charge in [0.05, 0.1) is 171 Å². The summed E-state index contributed by atoms with van der Waals surface area (Å²) in [6.07, 6.45) is 9.15. The van der Waals surface area contributed by atoms with Crippen molar-refractivity contribution >= 4 is 23.6 Å². The molecule has 408 valence electrons. The zero-order valence-corrected chi connectivity index (χ0v) is 42.9. The number of hydrogen-bond donors (Lipinski definition) is 2. The minimum absolute atomic E-state index is 0.0528. The van der Waals surface area contributed by atoms with Crippen LogP contribution in [0.25, 0.3) is 0 Å². The van der Waals surface area contributed by atoms with Gasteiger partial charge in [-0.1, -0.05) is 54.3 Å². The summed E-state index contributed by atoms with van der Waals surface area (Å²) >= 11 is 0. The van der Waals surface area contributed by atoms with Crippen molar-refractivity contribution in [2.45, 2.75) is 57.6 Å². The quantitative estimate of drug-likeness (QED) is 0.0529. The molecule has 0 saturated heterocycles. The van der Waals surface area contributed by atoms with Crippen LogP contribution in [0.4, 0.5) is 10.5 Å². The number of nitrogens with one attached hydrogen (secondary N) is 2. The molecule has 1 aliphatic heterocycles. The highest BCUT2D eigenvalue weighted by Crippen LogP contribution is 2.26. The SMILES string of the molecule is O=C(CCOCCOCCOCCOCCOCCOCCOCCOCCOCCOCCOCCOCCNC(=O)OC1C/C=C\CCCC1)NCCC(=O)N1Cc2ccccc2C#Cc2ccccc21. The minimum Gasteiger partial charge on any atom is -0.446 e. The molecule has 1 aliphatic carbocycles. The summed E-state index contributed by atoms with van der Waals surface area (Å²) in [4.78, 5) is 39.4. The van der Waals surface area contributed by atoms with E-state index in [0.29, 0.717) is 165 Å². The van der Waals surface area contributed by atoms with E-state index in [-0.39, 0.29) is 43.9 Å². The fourth-order valence-electron chi connectivity index (χ4n) is 7.07. The standard InChI is InChI=1S/C54H81N3O16/c58-52(55-20-18-53(59)57-46-49-12-7-6-10-47(49)16-17-48-11-8-9-15-51(48)57)19-22-61-24-26-63-28-30-65-32-34-67-36-38-69-40-42-71-44-45-72-43-41-70-39-37-68-35-33-66-31-29-64-27-25-62-23-21-56-54(60)73-50-13-4-2-1-3-5-14-50/h2,4,6-12,15,50H,1,3,5,13-14,18-46H2,(H,55,58)(H,56,60)/b4-2-. The van der Waals surface area contributed by atoms with Crippen molar-refractivity contribution in [3.63, 3.8) is 0 Å². The maximum absolute atomic E-state index is 13.3. The van der Waals surface area contributed by atoms with E-state index >= 15 is 0 Å². The number of rotatable bonds is 43. The Morgan fingerprint density at radius 1 is 0.479 bits per heavy atom. The summed E-state index contributed by atoms with van der Waals surface area (Å²) < 4.78 is 71.7. The van der Waals surface area contributed by atoms with Crippen LogP contribution in [0.5, 0.6) is 0 Å². The van der Waals surface area contributed by atoms with E-state index in [1.54, 1.807) is 4.90 Å². The summed E-state index contributed by atoms with van der Waals surface area (Å²) in [7, 11) is 0. The molecule has 0 radical (unpaired) electrons. The van der Waals surface area contributed by atoms with Crippen LogP contribution < -0.4 is 15.5 Å². The molecule has 19 heteroatoms. The molecule has 19 nitrogen and oxygen atoms in total. The topological polar surface area (TPSA) is 199 Å². The van der Waals surface area contributed by atoms with Gasteiger partial charge in [-0.25, -0.2) is 4.79 Å². The number of fused-ring (bicyclic) bond motifs is 2. The number of allylic oxidation sites excluding steroid dienone is 1. The number of ether oxygens (including phenoxy) is 13. The van der Waals surface area contributed by atoms with Gasteiger partial charge in [-0.3, -0.25) is 9.59 Å². The first-order valence-electron chi connectivity index (χ1n) is 25.9. The average molecular weight is 1030 g/mol. The number of carbonyl (C=O) groups is 3. The van der Waals surface area contributed by atoms with Gasteiger partial charge in [-0.05, 0) is 49.4 Å². The summed E-state index contributed by atoms with van der Waals surface area (Å²) in [6, 6.07) is 15.5. The molecule has 4 rings (SSSR count). The smallest absolute Gasteiger partial charge is 0.407 e. The average Bonchev–Trinajstić information content (AvgIpc) is 3.38. The number of anilines is 1. The number of benzene rings is 2. The highest BCUT2D eigenvalue weighted by Gasteiger charge is 2.21. The van der Waals surface area contributed by atoms with Gasteiger partial charge in [-0.2, -0.15) is 0 Å². The first kappa shape index (κ1) is 61.0. The molecular formula is C54H81N3O16. The number of alkyl carbamates (subject to hydrolysis) is 1. The Morgan fingerprint density at radius 2 is 0.932 bits per heavy atom. The van der Waals surface area contributed by atoms with Gasteiger partial charge in [0.15, 0.2) is 0 Å². The lowest BCUT2D eigenvalue weighted by atomic mass is 10.0. The van der Waals surface area contributed by atoms with E-state index in [0.717, 1.165) is 54.5 Å². The highest BCUT2D eigenvalue weighted by molar-refractivity contribution is 5.95. The van der Waals surface area contributed by atoms with Gasteiger partial charge in [0.1, 0.15) is 6.10 Å². The number of carbonyl (C=O) groups excluding carboxylic acids is 3. The lowest BCUT2D eigenvalue weighted by molar-refractivity contribution is -0.122. The molecule has 0 spiro atoms. The summed E-state index contributed by atoms with van der Waals surface area (Å²) in [5.41, 5.74) is 3.45. The van der Waals surface area contributed by atoms with Crippen LogP contribution in [-0.2, 0) is 77.7 Å². The molecule has 0 aromatic heterocycles. The van der Waals surface area contributed by atoms with Gasteiger partial charge in [0.25, 0.3) is 0 Å². The van der Waals surface area contributed by atoms with Crippen molar-refractivity contribution in [2.24, 2.45) is 0 Å². The Balaban J connectivity index is 0.772. The lowest BCUT2D eigenvalue weighted by Crippen LogP contribution is -2.35. The van der Waals surface area contributed by atoms with Crippen molar-refractivity contribution in [3.05, 3.63) is 77.4 Å². The Bertz CT molecular complexity index is 1840. The second-order valence-electron chi connectivity index (χ2n) is 16.5. The third kappa shape index (κ3) is 31.1. The molecule has 73 heavy (non-hydrogen) atoms. The predicted molar refractivity (Wildman–Crippen MR) is 273 cm³/mol. The van der Waals surface area contributed by atoms with Crippen molar-refractivity contribution in [2.75, 3.05) is 177 Å². The van der Waals surface area contributed by atoms with Gasteiger partial charge >= 0.3 is 6.09 Å². The van der Waals surface area contributed by atoms with Crippen LogP contribution in [0.15, 0.2) is 60.7 Å². The fraction of sp³-hybridized carbons (Fsp3) is 0.648. The van der Waals surface area contributed by atoms with Crippen molar-refractivity contribution in [3.8, 4) is 11.8 Å². The van der Waals surface area contributed by atoms with E-state index < -0.39 is 6.09 Å². The van der Waals surface area contributed by atoms with Crippen molar-refractivity contribution < 1.29 is 76.0 Å². The van der Waals surface area contributed by atoms with Gasteiger partial charge < -0.3 is 77.1 Å². The molecule has 1 unspecified atom stereocenters. The molecule has 2 aliphatic rings. The first-order valence-corrected chi connectivity index (χ1v) is 25.9. The van der Waals surface area contributed by atoms with E-state index in [4.69, 9.17) is 61.6 Å². The largest absolute Gasteiger partial charge is 0.446 e. The molecular weight excluding hydrogens is 947 g/mol. The maximum Gasteiger partial charge on any atom is 0.407 e. The summed E-state index contributed by atoms with van der Waals surface area (Å²) in [5, 5.41) is 5.56. The van der Waals surface area contributed by atoms with Crippen LogP contribution in [-0.4, -0.2) is 196 Å². The van der Waals surface area contributed by atoms with Crippen molar-refractivity contribution in [1.82, 2.24) is 10.6 Å². The van der Waals surface area contributed by atoms with Crippen LogP contribution in [0, 0.1) is 11.8 Å². The van der Waals surface area contributed by atoms with Gasteiger partial charge in [0.2, 0.25) is 11.8 Å². The molecule has 1 atom stereocenters. The van der Waals surface area contributed by atoms with Crippen LogP contribution in [0.3, 0.4) is 0 Å². The molecule has 0 bridgehead atoms. The minimum atomic E-state index is -0.393. The molecule has 0 fully saturated rings. The third-order valence-electron chi connectivity index (χ3n) is 10.9. The number of hydrogen-bond acceptors (Lipinski definition) is 16. The second-order valence-corrected chi connectivity index (χ2v) is 16.5. The highest BCUT2D eigenvalue weighted by atomic mass is 16.6. The monoisotopic (exact) mass is 1030 g/mol. The molecule has 0 saturated carbocycles. The molecule has 3 amide bonds. The molecule has 1 heterocycles.